The van der Waals surface area contributed by atoms with Crippen molar-refractivity contribution in [3.05, 3.63) is 42.0 Å². The average molecular weight is 224 g/mol. The Balaban J connectivity index is 2.22. The number of hydrogen-bond acceptors (Lipinski definition) is 3. The molecule has 4 heteroatoms. The summed E-state index contributed by atoms with van der Waals surface area (Å²) in [6.45, 7) is 2.06. The molecule has 0 bridgehead atoms. The van der Waals surface area contributed by atoms with Crippen molar-refractivity contribution < 1.29 is 0 Å². The van der Waals surface area contributed by atoms with E-state index in [0.29, 0.717) is 11.5 Å². The maximum Gasteiger partial charge on any atom is 0.180 e. The maximum atomic E-state index is 5.64. The number of hydrogen-bond donors (Lipinski definition) is 2. The third-order valence-electron chi connectivity index (χ3n) is 2.77. The van der Waals surface area contributed by atoms with E-state index in [1.165, 1.54) is 5.56 Å². The van der Waals surface area contributed by atoms with E-state index >= 15 is 0 Å². The lowest BCUT2D eigenvalue weighted by Crippen LogP contribution is -1.88. The average Bonchev–Trinajstić information content (AvgIpc) is 2.72. The molecule has 0 radical (unpaired) electrons. The van der Waals surface area contributed by atoms with Crippen LogP contribution < -0.4 is 5.73 Å². The van der Waals surface area contributed by atoms with Crippen LogP contribution in [-0.4, -0.2) is 15.0 Å². The Kier molecular flexibility index (Phi) is 2.08. The molecule has 84 valence electrons. The minimum absolute atomic E-state index is 0.486. The van der Waals surface area contributed by atoms with Gasteiger partial charge in [-0.05, 0) is 24.6 Å². The standard InChI is InChI=1S/C13H12N4/c1-8-4-2-3-5-9(8)12-15-10-6-7-11(14)16-13(10)17-12/h2-7H,1H3,(H3,14,15,16,17). The minimum Gasteiger partial charge on any atom is -0.384 e. The molecule has 2 heterocycles. The topological polar surface area (TPSA) is 67.6 Å². The van der Waals surface area contributed by atoms with Crippen LogP contribution in [0.2, 0.25) is 0 Å². The Morgan fingerprint density at radius 3 is 2.71 bits per heavy atom. The van der Waals surface area contributed by atoms with E-state index in [9.17, 15) is 0 Å². The van der Waals surface area contributed by atoms with E-state index in [2.05, 4.69) is 27.9 Å². The highest BCUT2D eigenvalue weighted by atomic mass is 15.0. The van der Waals surface area contributed by atoms with Crippen molar-refractivity contribution in [2.24, 2.45) is 0 Å². The molecule has 0 atom stereocenters. The van der Waals surface area contributed by atoms with Crippen molar-refractivity contribution in [1.29, 1.82) is 0 Å². The van der Waals surface area contributed by atoms with Crippen molar-refractivity contribution in [1.82, 2.24) is 15.0 Å². The predicted molar refractivity (Wildman–Crippen MR) is 68.5 cm³/mol. The van der Waals surface area contributed by atoms with Crippen LogP contribution in [-0.2, 0) is 0 Å². The van der Waals surface area contributed by atoms with Gasteiger partial charge in [0.15, 0.2) is 5.65 Å². The summed E-state index contributed by atoms with van der Waals surface area (Å²) in [5.41, 5.74) is 9.46. The highest BCUT2D eigenvalue weighted by Gasteiger charge is 2.07. The number of fused-ring (bicyclic) bond motifs is 1. The Morgan fingerprint density at radius 2 is 1.88 bits per heavy atom. The molecule has 0 saturated heterocycles. The molecule has 0 aliphatic heterocycles. The number of nitrogens with one attached hydrogen (secondary N) is 1. The summed E-state index contributed by atoms with van der Waals surface area (Å²) < 4.78 is 0. The number of nitrogen functional groups attached to an aromatic ring is 1. The quantitative estimate of drug-likeness (QED) is 0.667. The van der Waals surface area contributed by atoms with E-state index in [-0.39, 0.29) is 0 Å². The van der Waals surface area contributed by atoms with Gasteiger partial charge in [0, 0.05) is 5.56 Å². The van der Waals surface area contributed by atoms with Crippen molar-refractivity contribution in [3.8, 4) is 11.4 Å². The second-order valence-corrected chi connectivity index (χ2v) is 4.01. The number of nitrogens with zero attached hydrogens (tertiary/aromatic N) is 2. The van der Waals surface area contributed by atoms with Crippen LogP contribution in [0.5, 0.6) is 0 Å². The highest BCUT2D eigenvalue weighted by molar-refractivity contribution is 5.77. The third kappa shape index (κ3) is 1.63. The van der Waals surface area contributed by atoms with Crippen molar-refractivity contribution in [2.45, 2.75) is 6.92 Å². The second kappa shape index (κ2) is 3.59. The summed E-state index contributed by atoms with van der Waals surface area (Å²) in [5.74, 6) is 1.32. The van der Waals surface area contributed by atoms with E-state index in [1.807, 2.05) is 24.3 Å². The summed E-state index contributed by atoms with van der Waals surface area (Å²) >= 11 is 0. The molecule has 0 aliphatic carbocycles. The molecule has 0 spiro atoms. The molecule has 0 saturated carbocycles. The van der Waals surface area contributed by atoms with Gasteiger partial charge >= 0.3 is 0 Å². The van der Waals surface area contributed by atoms with E-state index in [4.69, 9.17) is 5.73 Å². The normalized spacial score (nSPS) is 10.9. The first-order valence-corrected chi connectivity index (χ1v) is 5.42. The number of aromatic amines is 1. The van der Waals surface area contributed by atoms with Crippen molar-refractivity contribution in [3.63, 3.8) is 0 Å². The molecule has 1 aromatic carbocycles. The first kappa shape index (κ1) is 9.84. The SMILES string of the molecule is Cc1ccccc1-c1nc2nc(N)ccc2[nH]1. The lowest BCUT2D eigenvalue weighted by molar-refractivity contribution is 1.29. The summed E-state index contributed by atoms with van der Waals surface area (Å²) in [6, 6.07) is 11.8. The van der Waals surface area contributed by atoms with Crippen LogP contribution >= 0.6 is 0 Å². The van der Waals surface area contributed by atoms with Crippen LogP contribution in [0.1, 0.15) is 5.56 Å². The molecule has 0 aliphatic rings. The first-order chi connectivity index (χ1) is 8.24. The molecule has 3 aromatic rings. The zero-order valence-electron chi connectivity index (χ0n) is 9.44. The Morgan fingerprint density at radius 1 is 1.06 bits per heavy atom. The molecule has 0 fully saturated rings. The molecule has 4 nitrogen and oxygen atoms in total. The fourth-order valence-electron chi connectivity index (χ4n) is 1.87. The summed E-state index contributed by atoms with van der Waals surface area (Å²) in [4.78, 5) is 11.9. The van der Waals surface area contributed by atoms with Gasteiger partial charge in [0.25, 0.3) is 0 Å². The highest BCUT2D eigenvalue weighted by Crippen LogP contribution is 2.22. The van der Waals surface area contributed by atoms with E-state index in [1.54, 1.807) is 6.07 Å². The van der Waals surface area contributed by atoms with Gasteiger partial charge in [0.05, 0.1) is 5.52 Å². The molecular formula is C13H12N4. The fraction of sp³-hybridized carbons (Fsp3) is 0.0769. The van der Waals surface area contributed by atoms with E-state index < -0.39 is 0 Å². The smallest absolute Gasteiger partial charge is 0.180 e. The Bertz CT molecular complexity index is 685. The maximum absolute atomic E-state index is 5.64. The molecular weight excluding hydrogens is 212 g/mol. The van der Waals surface area contributed by atoms with Gasteiger partial charge in [-0.15, -0.1) is 0 Å². The van der Waals surface area contributed by atoms with Crippen LogP contribution in [0.4, 0.5) is 5.82 Å². The van der Waals surface area contributed by atoms with E-state index in [0.717, 1.165) is 16.9 Å². The summed E-state index contributed by atoms with van der Waals surface area (Å²) in [7, 11) is 0. The summed E-state index contributed by atoms with van der Waals surface area (Å²) in [6.07, 6.45) is 0. The van der Waals surface area contributed by atoms with Gasteiger partial charge in [-0.25, -0.2) is 9.97 Å². The number of rotatable bonds is 1. The molecule has 3 rings (SSSR count). The number of benzene rings is 1. The molecule has 2 aromatic heterocycles. The van der Waals surface area contributed by atoms with Crippen LogP contribution in [0.3, 0.4) is 0 Å². The van der Waals surface area contributed by atoms with Crippen LogP contribution in [0, 0.1) is 6.92 Å². The number of pyridine rings is 1. The van der Waals surface area contributed by atoms with Gasteiger partial charge in [-0.2, -0.15) is 0 Å². The number of imidazole rings is 1. The zero-order valence-corrected chi connectivity index (χ0v) is 9.44. The Labute approximate surface area is 98.5 Å². The zero-order chi connectivity index (χ0) is 11.8. The second-order valence-electron chi connectivity index (χ2n) is 4.01. The first-order valence-electron chi connectivity index (χ1n) is 5.42. The van der Waals surface area contributed by atoms with Gasteiger partial charge in [0.1, 0.15) is 11.6 Å². The predicted octanol–water partition coefficient (Wildman–Crippen LogP) is 2.52. The molecule has 0 unspecified atom stereocenters. The molecule has 17 heavy (non-hydrogen) atoms. The number of aryl methyl sites for hydroxylation is 1. The summed E-state index contributed by atoms with van der Waals surface area (Å²) in [5, 5.41) is 0. The van der Waals surface area contributed by atoms with Gasteiger partial charge in [-0.3, -0.25) is 0 Å². The van der Waals surface area contributed by atoms with Crippen molar-refractivity contribution >= 4 is 17.0 Å². The lowest BCUT2D eigenvalue weighted by atomic mass is 10.1. The monoisotopic (exact) mass is 224 g/mol. The fourth-order valence-corrected chi connectivity index (χ4v) is 1.87. The van der Waals surface area contributed by atoms with Gasteiger partial charge < -0.3 is 10.7 Å². The van der Waals surface area contributed by atoms with Gasteiger partial charge in [-0.1, -0.05) is 24.3 Å². The number of aromatic nitrogens is 3. The number of nitrogens with two attached hydrogens (primary N) is 1. The van der Waals surface area contributed by atoms with Gasteiger partial charge in [0.2, 0.25) is 0 Å². The minimum atomic E-state index is 0.486. The molecule has 3 N–H and O–H groups in total. The number of H-pyrrole nitrogens is 1. The lowest BCUT2D eigenvalue weighted by Gasteiger charge is -1.99. The van der Waals surface area contributed by atoms with Crippen LogP contribution in [0.25, 0.3) is 22.6 Å². The van der Waals surface area contributed by atoms with Crippen molar-refractivity contribution in [2.75, 3.05) is 5.73 Å². The molecule has 0 amide bonds. The van der Waals surface area contributed by atoms with Crippen LogP contribution in [0.15, 0.2) is 36.4 Å². The largest absolute Gasteiger partial charge is 0.384 e. The Hall–Kier alpha value is -2.36. The number of anilines is 1. The third-order valence-corrected chi connectivity index (χ3v) is 2.77.